The molecular formula is C22H30FIN4O2S. The first kappa shape index (κ1) is 25.5. The van der Waals surface area contributed by atoms with Crippen molar-refractivity contribution in [3.63, 3.8) is 0 Å². The first-order valence-electron chi connectivity index (χ1n) is 10.4. The minimum atomic E-state index is -3.40. The Morgan fingerprint density at radius 1 is 1.06 bits per heavy atom. The lowest BCUT2D eigenvalue weighted by Gasteiger charge is -2.15. The van der Waals surface area contributed by atoms with Crippen LogP contribution in [0.3, 0.4) is 0 Å². The molecule has 0 bridgehead atoms. The molecule has 2 N–H and O–H groups in total. The van der Waals surface area contributed by atoms with Crippen LogP contribution in [-0.4, -0.2) is 44.9 Å². The number of sulfonamides is 1. The smallest absolute Gasteiger partial charge is 0.243 e. The van der Waals surface area contributed by atoms with E-state index in [4.69, 9.17) is 0 Å². The molecule has 1 fully saturated rings. The van der Waals surface area contributed by atoms with Crippen molar-refractivity contribution < 1.29 is 12.8 Å². The van der Waals surface area contributed by atoms with E-state index in [2.05, 4.69) is 15.6 Å². The van der Waals surface area contributed by atoms with E-state index in [9.17, 15) is 12.8 Å². The van der Waals surface area contributed by atoms with E-state index in [1.54, 1.807) is 40.7 Å². The van der Waals surface area contributed by atoms with Crippen LogP contribution in [0.4, 0.5) is 4.39 Å². The van der Waals surface area contributed by atoms with Crippen LogP contribution in [0.25, 0.3) is 0 Å². The molecule has 0 saturated carbocycles. The first-order chi connectivity index (χ1) is 14.5. The van der Waals surface area contributed by atoms with Crippen molar-refractivity contribution in [2.75, 3.05) is 26.2 Å². The number of aliphatic imine (C=N–C) groups is 1. The van der Waals surface area contributed by atoms with E-state index in [-0.39, 0.29) is 29.8 Å². The van der Waals surface area contributed by atoms with Gasteiger partial charge in [0.25, 0.3) is 0 Å². The Bertz CT molecular complexity index is 962. The zero-order valence-electron chi connectivity index (χ0n) is 17.7. The molecule has 6 nitrogen and oxygen atoms in total. The van der Waals surface area contributed by atoms with Crippen molar-refractivity contribution in [3.05, 3.63) is 65.5 Å². The maximum Gasteiger partial charge on any atom is 0.243 e. The van der Waals surface area contributed by atoms with E-state index >= 15 is 0 Å². The Kier molecular flexibility index (Phi) is 10.2. The zero-order valence-corrected chi connectivity index (χ0v) is 20.8. The van der Waals surface area contributed by atoms with Gasteiger partial charge in [0, 0.05) is 26.2 Å². The predicted octanol–water partition coefficient (Wildman–Crippen LogP) is 3.53. The van der Waals surface area contributed by atoms with Gasteiger partial charge in [-0.3, -0.25) is 0 Å². The lowest BCUT2D eigenvalue weighted by molar-refractivity contribution is 0.477. The van der Waals surface area contributed by atoms with Gasteiger partial charge in [0.2, 0.25) is 10.0 Å². The molecule has 0 atom stereocenters. The lowest BCUT2D eigenvalue weighted by atomic mass is 10.1. The topological polar surface area (TPSA) is 73.8 Å². The standard InChI is InChI=1S/C22H29FN4O2S.HI/c1-2-24-22(25-14-13-19-7-3-4-8-21(19)23)26-17-18-9-11-20(12-10-18)30(28,29)27-15-5-6-16-27;/h3-4,7-12H,2,5-6,13-17H2,1H3,(H2,24,25,26);1H. The van der Waals surface area contributed by atoms with Crippen molar-refractivity contribution in [1.29, 1.82) is 0 Å². The molecule has 1 saturated heterocycles. The number of nitrogens with one attached hydrogen (secondary N) is 2. The van der Waals surface area contributed by atoms with Crippen LogP contribution in [0.5, 0.6) is 0 Å². The molecule has 31 heavy (non-hydrogen) atoms. The summed E-state index contributed by atoms with van der Waals surface area (Å²) in [4.78, 5) is 4.87. The third-order valence-electron chi connectivity index (χ3n) is 5.03. The van der Waals surface area contributed by atoms with Crippen LogP contribution in [0.15, 0.2) is 58.4 Å². The predicted molar refractivity (Wildman–Crippen MR) is 133 cm³/mol. The average Bonchev–Trinajstić information content (AvgIpc) is 3.29. The summed E-state index contributed by atoms with van der Waals surface area (Å²) < 4.78 is 40.5. The lowest BCUT2D eigenvalue weighted by Crippen LogP contribution is -2.38. The molecule has 1 aliphatic rings. The Morgan fingerprint density at radius 3 is 2.39 bits per heavy atom. The van der Waals surface area contributed by atoms with Gasteiger partial charge in [0.05, 0.1) is 11.4 Å². The highest BCUT2D eigenvalue weighted by molar-refractivity contribution is 14.0. The zero-order chi connectivity index (χ0) is 21.4. The highest BCUT2D eigenvalue weighted by Crippen LogP contribution is 2.21. The molecule has 0 aromatic heterocycles. The van der Waals surface area contributed by atoms with Gasteiger partial charge in [-0.05, 0) is 55.5 Å². The van der Waals surface area contributed by atoms with Gasteiger partial charge >= 0.3 is 0 Å². The van der Waals surface area contributed by atoms with Crippen LogP contribution < -0.4 is 10.6 Å². The molecule has 1 aliphatic heterocycles. The molecule has 170 valence electrons. The quantitative estimate of drug-likeness (QED) is 0.295. The van der Waals surface area contributed by atoms with E-state index < -0.39 is 10.0 Å². The fourth-order valence-electron chi connectivity index (χ4n) is 3.37. The van der Waals surface area contributed by atoms with Crippen molar-refractivity contribution >= 4 is 40.0 Å². The molecule has 0 amide bonds. The minimum Gasteiger partial charge on any atom is -0.357 e. The molecule has 0 radical (unpaired) electrons. The summed E-state index contributed by atoms with van der Waals surface area (Å²) >= 11 is 0. The van der Waals surface area contributed by atoms with E-state index in [0.29, 0.717) is 55.6 Å². The van der Waals surface area contributed by atoms with Gasteiger partial charge in [-0.1, -0.05) is 30.3 Å². The van der Waals surface area contributed by atoms with Crippen LogP contribution in [0.2, 0.25) is 0 Å². The summed E-state index contributed by atoms with van der Waals surface area (Å²) in [6.07, 6.45) is 2.40. The van der Waals surface area contributed by atoms with E-state index in [1.807, 2.05) is 13.0 Å². The number of rotatable bonds is 8. The highest BCUT2D eigenvalue weighted by Gasteiger charge is 2.26. The molecular weight excluding hydrogens is 530 g/mol. The number of guanidine groups is 1. The number of nitrogens with zero attached hydrogens (tertiary/aromatic N) is 2. The molecule has 0 spiro atoms. The molecule has 9 heteroatoms. The third kappa shape index (κ3) is 7.15. The van der Waals surface area contributed by atoms with Gasteiger partial charge in [0.15, 0.2) is 5.96 Å². The Hall–Kier alpha value is -1.72. The van der Waals surface area contributed by atoms with Crippen LogP contribution in [0, 0.1) is 5.82 Å². The van der Waals surface area contributed by atoms with Crippen LogP contribution in [0.1, 0.15) is 30.9 Å². The van der Waals surface area contributed by atoms with Gasteiger partial charge in [-0.25, -0.2) is 17.8 Å². The molecule has 2 aromatic rings. The second kappa shape index (κ2) is 12.4. The fraction of sp³-hybridized carbons (Fsp3) is 0.409. The Labute approximate surface area is 201 Å². The minimum absolute atomic E-state index is 0. The van der Waals surface area contributed by atoms with Crippen molar-refractivity contribution in [2.24, 2.45) is 4.99 Å². The summed E-state index contributed by atoms with van der Waals surface area (Å²) in [5.74, 6) is 0.438. The second-order valence-corrected chi connectivity index (χ2v) is 9.16. The molecule has 1 heterocycles. The summed E-state index contributed by atoms with van der Waals surface area (Å²) in [5, 5.41) is 6.38. The normalized spacial score (nSPS) is 14.8. The summed E-state index contributed by atoms with van der Waals surface area (Å²) in [7, 11) is -3.40. The largest absolute Gasteiger partial charge is 0.357 e. The van der Waals surface area contributed by atoms with E-state index in [0.717, 1.165) is 18.4 Å². The monoisotopic (exact) mass is 560 g/mol. The Morgan fingerprint density at radius 2 is 1.74 bits per heavy atom. The Balaban J connectivity index is 0.00000341. The highest BCUT2D eigenvalue weighted by atomic mass is 127. The van der Waals surface area contributed by atoms with Crippen LogP contribution in [-0.2, 0) is 23.0 Å². The SMILES string of the molecule is CCNC(=NCc1ccc(S(=O)(=O)N2CCCC2)cc1)NCCc1ccccc1F.I. The molecule has 2 aromatic carbocycles. The summed E-state index contributed by atoms with van der Waals surface area (Å²) in [6.45, 7) is 4.85. The number of halogens is 2. The molecule has 0 aliphatic carbocycles. The van der Waals surface area contributed by atoms with Crippen molar-refractivity contribution in [3.8, 4) is 0 Å². The van der Waals surface area contributed by atoms with Crippen molar-refractivity contribution in [2.45, 2.75) is 37.6 Å². The fourth-order valence-corrected chi connectivity index (χ4v) is 4.89. The second-order valence-electron chi connectivity index (χ2n) is 7.22. The average molecular weight is 560 g/mol. The maximum absolute atomic E-state index is 13.7. The molecule has 3 rings (SSSR count). The number of hydrogen-bond donors (Lipinski definition) is 2. The van der Waals surface area contributed by atoms with E-state index in [1.165, 1.54) is 6.07 Å². The van der Waals surface area contributed by atoms with Gasteiger partial charge in [-0.15, -0.1) is 24.0 Å². The van der Waals surface area contributed by atoms with Gasteiger partial charge in [0.1, 0.15) is 5.82 Å². The van der Waals surface area contributed by atoms with Crippen LogP contribution >= 0.6 is 24.0 Å². The maximum atomic E-state index is 13.7. The summed E-state index contributed by atoms with van der Waals surface area (Å²) in [5.41, 5.74) is 1.58. The first-order valence-corrected chi connectivity index (χ1v) is 11.8. The molecule has 0 unspecified atom stereocenters. The summed E-state index contributed by atoms with van der Waals surface area (Å²) in [6, 6.07) is 13.6. The van der Waals surface area contributed by atoms with Crippen molar-refractivity contribution in [1.82, 2.24) is 14.9 Å². The number of benzene rings is 2. The third-order valence-corrected chi connectivity index (χ3v) is 6.95. The number of hydrogen-bond acceptors (Lipinski definition) is 3. The van der Waals surface area contributed by atoms with Gasteiger partial charge < -0.3 is 10.6 Å². The van der Waals surface area contributed by atoms with Gasteiger partial charge in [-0.2, -0.15) is 4.31 Å².